The highest BCUT2D eigenvalue weighted by Gasteiger charge is 2.40. The van der Waals surface area contributed by atoms with E-state index in [1.165, 1.54) is 7.11 Å². The van der Waals surface area contributed by atoms with Crippen LogP contribution >= 0.6 is 15.9 Å². The summed E-state index contributed by atoms with van der Waals surface area (Å²) in [7, 11) is 3.04. The maximum atomic E-state index is 12.5. The third-order valence-electron chi connectivity index (χ3n) is 3.58. The van der Waals surface area contributed by atoms with Gasteiger partial charge in [0.1, 0.15) is 21.6 Å². The van der Waals surface area contributed by atoms with Gasteiger partial charge in [0, 0.05) is 0 Å². The van der Waals surface area contributed by atoms with E-state index in [2.05, 4.69) is 15.9 Å². The number of ether oxygens (including phenoxy) is 2. The maximum absolute atomic E-state index is 12.5. The summed E-state index contributed by atoms with van der Waals surface area (Å²) >= 11 is 3.36. The Morgan fingerprint density at radius 2 is 1.89 bits per heavy atom. The first-order chi connectivity index (χ1) is 9.03. The predicted octanol–water partition coefficient (Wildman–Crippen LogP) is 2.95. The summed E-state index contributed by atoms with van der Waals surface area (Å²) in [6.45, 7) is 0. The van der Waals surface area contributed by atoms with Gasteiger partial charge in [-0.1, -0.05) is 0 Å². The van der Waals surface area contributed by atoms with E-state index in [1.54, 1.807) is 19.2 Å². The summed E-state index contributed by atoms with van der Waals surface area (Å²) in [4.78, 5) is 12.5. The molecule has 1 aliphatic rings. The zero-order valence-electron chi connectivity index (χ0n) is 11.0. The van der Waals surface area contributed by atoms with E-state index in [1.807, 2.05) is 0 Å². The second-order valence-corrected chi connectivity index (χ2v) is 5.52. The minimum absolute atomic E-state index is 0.273. The molecule has 0 bridgehead atoms. The molecule has 0 atom stereocenters. The van der Waals surface area contributed by atoms with Crippen LogP contribution in [0.15, 0.2) is 16.6 Å². The molecule has 4 nitrogen and oxygen atoms in total. The molecule has 1 fully saturated rings. The van der Waals surface area contributed by atoms with Crippen molar-refractivity contribution in [2.24, 2.45) is 0 Å². The van der Waals surface area contributed by atoms with Crippen LogP contribution in [0.25, 0.3) is 0 Å². The van der Waals surface area contributed by atoms with E-state index in [0.29, 0.717) is 34.4 Å². The molecule has 0 heterocycles. The van der Waals surface area contributed by atoms with Gasteiger partial charge in [-0.3, -0.25) is 4.79 Å². The molecule has 0 aliphatic heterocycles. The van der Waals surface area contributed by atoms with Crippen LogP contribution in [0.3, 0.4) is 0 Å². The Morgan fingerprint density at radius 1 is 1.26 bits per heavy atom. The third-order valence-corrected chi connectivity index (χ3v) is 4.33. The fourth-order valence-electron chi connectivity index (χ4n) is 2.51. The molecule has 1 N–H and O–H groups in total. The van der Waals surface area contributed by atoms with Crippen LogP contribution in [0.2, 0.25) is 0 Å². The summed E-state index contributed by atoms with van der Waals surface area (Å²) in [5.74, 6) is 0.724. The van der Waals surface area contributed by atoms with E-state index in [9.17, 15) is 9.90 Å². The Balaban J connectivity index is 2.45. The quantitative estimate of drug-likeness (QED) is 0.863. The number of carbonyl (C=O) groups is 1. The Morgan fingerprint density at radius 3 is 2.42 bits per heavy atom. The molecule has 5 heteroatoms. The molecule has 0 saturated heterocycles. The average Bonchev–Trinajstić information content (AvgIpc) is 2.85. The number of ketones is 1. The van der Waals surface area contributed by atoms with Crippen molar-refractivity contribution in [2.45, 2.75) is 31.3 Å². The van der Waals surface area contributed by atoms with Crippen LogP contribution in [0.5, 0.6) is 11.5 Å². The van der Waals surface area contributed by atoms with Gasteiger partial charge in [-0.2, -0.15) is 0 Å². The Hall–Kier alpha value is -1.07. The molecule has 0 unspecified atom stereocenters. The van der Waals surface area contributed by atoms with Crippen LogP contribution in [0, 0.1) is 0 Å². The highest BCUT2D eigenvalue weighted by Crippen LogP contribution is 2.41. The number of carbonyl (C=O) groups excluding carboxylic acids is 1. The zero-order chi connectivity index (χ0) is 14.0. The van der Waals surface area contributed by atoms with Gasteiger partial charge in [0.2, 0.25) is 0 Å². The van der Waals surface area contributed by atoms with Crippen molar-refractivity contribution < 1.29 is 19.4 Å². The highest BCUT2D eigenvalue weighted by atomic mass is 79.9. The highest BCUT2D eigenvalue weighted by molar-refractivity contribution is 9.10. The fourth-order valence-corrected chi connectivity index (χ4v) is 3.18. The third kappa shape index (κ3) is 2.49. The number of halogens is 1. The molecule has 0 radical (unpaired) electrons. The first-order valence-corrected chi connectivity index (χ1v) is 7.00. The van der Waals surface area contributed by atoms with Crippen molar-refractivity contribution in [3.05, 3.63) is 22.2 Å². The second kappa shape index (κ2) is 5.51. The molecule has 1 aromatic rings. The lowest BCUT2D eigenvalue weighted by atomic mass is 9.91. The fraction of sp³-hybridized carbons (Fsp3) is 0.500. The Bertz CT molecular complexity index is 492. The molecule has 0 aromatic heterocycles. The average molecular weight is 329 g/mol. The lowest BCUT2D eigenvalue weighted by Gasteiger charge is -2.22. The van der Waals surface area contributed by atoms with Crippen LogP contribution < -0.4 is 9.47 Å². The van der Waals surface area contributed by atoms with Crippen molar-refractivity contribution in [3.8, 4) is 11.5 Å². The molecule has 1 aliphatic carbocycles. The largest absolute Gasteiger partial charge is 0.495 e. The van der Waals surface area contributed by atoms with Gasteiger partial charge in [-0.15, -0.1) is 0 Å². The molecular formula is C14H17BrO4. The van der Waals surface area contributed by atoms with Gasteiger partial charge in [0.25, 0.3) is 0 Å². The summed E-state index contributed by atoms with van der Waals surface area (Å²) in [5.41, 5.74) is -0.860. The first kappa shape index (κ1) is 14.3. The smallest absolute Gasteiger partial charge is 0.198 e. The van der Waals surface area contributed by atoms with Gasteiger partial charge < -0.3 is 14.6 Å². The lowest BCUT2D eigenvalue weighted by molar-refractivity contribution is 0.0350. The molecule has 19 heavy (non-hydrogen) atoms. The number of benzene rings is 1. The van der Waals surface area contributed by atoms with Crippen LogP contribution in [0.1, 0.15) is 36.0 Å². The van der Waals surface area contributed by atoms with Gasteiger partial charge in [0.15, 0.2) is 5.78 Å². The maximum Gasteiger partial charge on any atom is 0.198 e. The monoisotopic (exact) mass is 328 g/mol. The summed E-state index contributed by atoms with van der Waals surface area (Å²) in [5, 5.41) is 10.4. The van der Waals surface area contributed by atoms with Gasteiger partial charge >= 0.3 is 0 Å². The van der Waals surface area contributed by atoms with Crippen LogP contribution in [-0.4, -0.2) is 30.7 Å². The molecule has 104 valence electrons. The standard InChI is InChI=1S/C14H17BrO4/c1-18-10-6-5-9(12(19-2)11(10)15)13(16)14(17)7-3-4-8-14/h5-6,17H,3-4,7-8H2,1-2H3. The number of aliphatic hydroxyl groups is 1. The van der Waals surface area contributed by atoms with E-state index in [-0.39, 0.29) is 5.78 Å². The molecule has 0 amide bonds. The van der Waals surface area contributed by atoms with Gasteiger partial charge in [-0.25, -0.2) is 0 Å². The van der Waals surface area contributed by atoms with E-state index >= 15 is 0 Å². The lowest BCUT2D eigenvalue weighted by Crippen LogP contribution is -2.35. The minimum atomic E-state index is -1.25. The van der Waals surface area contributed by atoms with Gasteiger partial charge in [-0.05, 0) is 53.7 Å². The van der Waals surface area contributed by atoms with Crippen molar-refractivity contribution >= 4 is 21.7 Å². The summed E-state index contributed by atoms with van der Waals surface area (Å²) in [6, 6.07) is 3.33. The van der Waals surface area contributed by atoms with Crippen molar-refractivity contribution in [3.63, 3.8) is 0 Å². The number of Topliss-reactive ketones (excluding diaryl/α,β-unsaturated/α-hetero) is 1. The van der Waals surface area contributed by atoms with Gasteiger partial charge in [0.05, 0.1) is 19.8 Å². The van der Waals surface area contributed by atoms with E-state index in [4.69, 9.17) is 9.47 Å². The van der Waals surface area contributed by atoms with Crippen molar-refractivity contribution in [1.82, 2.24) is 0 Å². The Kier molecular flexibility index (Phi) is 4.16. The van der Waals surface area contributed by atoms with E-state index < -0.39 is 5.60 Å². The molecular weight excluding hydrogens is 312 g/mol. The normalized spacial score (nSPS) is 17.3. The molecule has 1 aromatic carbocycles. The number of hydrogen-bond acceptors (Lipinski definition) is 4. The van der Waals surface area contributed by atoms with Crippen LogP contribution in [0.4, 0.5) is 0 Å². The summed E-state index contributed by atoms with van der Waals surface area (Å²) < 4.78 is 11.0. The van der Waals surface area contributed by atoms with Crippen molar-refractivity contribution in [2.75, 3.05) is 14.2 Å². The summed E-state index contributed by atoms with van der Waals surface area (Å²) in [6.07, 6.45) is 2.78. The SMILES string of the molecule is COc1ccc(C(=O)C2(O)CCCC2)c(OC)c1Br. The molecule has 2 rings (SSSR count). The number of hydrogen-bond donors (Lipinski definition) is 1. The number of methoxy groups -OCH3 is 2. The predicted molar refractivity (Wildman–Crippen MR) is 75.0 cm³/mol. The number of rotatable bonds is 4. The zero-order valence-corrected chi connectivity index (χ0v) is 12.6. The first-order valence-electron chi connectivity index (χ1n) is 6.21. The van der Waals surface area contributed by atoms with E-state index in [0.717, 1.165) is 12.8 Å². The topological polar surface area (TPSA) is 55.8 Å². The minimum Gasteiger partial charge on any atom is -0.495 e. The second-order valence-electron chi connectivity index (χ2n) is 4.73. The van der Waals surface area contributed by atoms with Crippen molar-refractivity contribution in [1.29, 1.82) is 0 Å². The Labute approximate surface area is 120 Å². The molecule has 1 saturated carbocycles. The van der Waals surface area contributed by atoms with Crippen LogP contribution in [-0.2, 0) is 0 Å². The molecule has 0 spiro atoms.